The molecule has 90 valence electrons. The maximum atomic E-state index is 11.6. The van der Waals surface area contributed by atoms with Crippen molar-refractivity contribution in [2.75, 3.05) is 12.8 Å². The van der Waals surface area contributed by atoms with E-state index in [0.717, 1.165) is 25.7 Å². The van der Waals surface area contributed by atoms with Crippen molar-refractivity contribution >= 4 is 15.8 Å². The van der Waals surface area contributed by atoms with E-state index in [2.05, 4.69) is 9.82 Å². The number of hydrogen-bond acceptors (Lipinski definition) is 4. The van der Waals surface area contributed by atoms with Gasteiger partial charge in [0, 0.05) is 0 Å². The largest absolute Gasteiger partial charge is 0.383 e. The SMILES string of the molecule is CNS(=O)(=O)c1cnn(C2CCCC2)c1N. The van der Waals surface area contributed by atoms with Crippen LogP contribution in [0, 0.1) is 0 Å². The summed E-state index contributed by atoms with van der Waals surface area (Å²) >= 11 is 0. The lowest BCUT2D eigenvalue weighted by molar-refractivity contribution is 0.473. The number of hydrogen-bond donors (Lipinski definition) is 2. The summed E-state index contributed by atoms with van der Waals surface area (Å²) in [6.45, 7) is 0. The molecule has 1 aliphatic rings. The van der Waals surface area contributed by atoms with Crippen LogP contribution in [0.2, 0.25) is 0 Å². The van der Waals surface area contributed by atoms with E-state index in [-0.39, 0.29) is 16.8 Å². The summed E-state index contributed by atoms with van der Waals surface area (Å²) in [5.41, 5.74) is 5.83. The molecule has 2 rings (SSSR count). The van der Waals surface area contributed by atoms with Gasteiger partial charge < -0.3 is 5.73 Å². The molecule has 7 heteroatoms. The van der Waals surface area contributed by atoms with E-state index >= 15 is 0 Å². The molecule has 1 aliphatic carbocycles. The highest BCUT2D eigenvalue weighted by atomic mass is 32.2. The topological polar surface area (TPSA) is 90.0 Å². The Kier molecular flexibility index (Phi) is 2.90. The minimum absolute atomic E-state index is 0.0712. The Labute approximate surface area is 94.9 Å². The van der Waals surface area contributed by atoms with Crippen LogP contribution in [0.3, 0.4) is 0 Å². The minimum Gasteiger partial charge on any atom is -0.383 e. The highest BCUT2D eigenvalue weighted by Crippen LogP contribution is 2.32. The van der Waals surface area contributed by atoms with Crippen molar-refractivity contribution in [2.24, 2.45) is 0 Å². The molecule has 1 heterocycles. The second-order valence-corrected chi connectivity index (χ2v) is 5.84. The number of aromatic nitrogens is 2. The Hall–Kier alpha value is -1.08. The van der Waals surface area contributed by atoms with Crippen LogP contribution in [-0.4, -0.2) is 25.2 Å². The van der Waals surface area contributed by atoms with E-state index in [0.29, 0.717) is 0 Å². The Morgan fingerprint density at radius 2 is 2.12 bits per heavy atom. The van der Waals surface area contributed by atoms with Crippen LogP contribution >= 0.6 is 0 Å². The Balaban J connectivity index is 2.37. The summed E-state index contributed by atoms with van der Waals surface area (Å²) < 4.78 is 27.1. The molecule has 16 heavy (non-hydrogen) atoms. The van der Waals surface area contributed by atoms with Crippen LogP contribution in [0.5, 0.6) is 0 Å². The molecule has 1 aromatic heterocycles. The van der Waals surface area contributed by atoms with Crippen LogP contribution < -0.4 is 10.5 Å². The van der Waals surface area contributed by atoms with Gasteiger partial charge in [0.2, 0.25) is 10.0 Å². The normalized spacial score (nSPS) is 18.1. The number of anilines is 1. The van der Waals surface area contributed by atoms with Gasteiger partial charge in [-0.3, -0.25) is 0 Å². The van der Waals surface area contributed by atoms with Gasteiger partial charge in [-0.1, -0.05) is 12.8 Å². The van der Waals surface area contributed by atoms with Crippen LogP contribution in [-0.2, 0) is 10.0 Å². The number of rotatable bonds is 3. The predicted molar refractivity (Wildman–Crippen MR) is 60.4 cm³/mol. The van der Waals surface area contributed by atoms with Gasteiger partial charge >= 0.3 is 0 Å². The van der Waals surface area contributed by atoms with Crippen LogP contribution in [0.15, 0.2) is 11.1 Å². The van der Waals surface area contributed by atoms with Gasteiger partial charge in [0.25, 0.3) is 0 Å². The van der Waals surface area contributed by atoms with Gasteiger partial charge in [0.15, 0.2) is 0 Å². The molecule has 0 saturated heterocycles. The molecular weight excluding hydrogens is 228 g/mol. The summed E-state index contributed by atoms with van der Waals surface area (Å²) in [5, 5.41) is 4.08. The highest BCUT2D eigenvalue weighted by molar-refractivity contribution is 7.89. The van der Waals surface area contributed by atoms with Crippen molar-refractivity contribution in [1.82, 2.24) is 14.5 Å². The third-order valence-corrected chi connectivity index (χ3v) is 4.46. The monoisotopic (exact) mass is 244 g/mol. The van der Waals surface area contributed by atoms with Crippen molar-refractivity contribution < 1.29 is 8.42 Å². The molecule has 3 N–H and O–H groups in total. The molecule has 1 aromatic rings. The van der Waals surface area contributed by atoms with E-state index in [9.17, 15) is 8.42 Å². The van der Waals surface area contributed by atoms with Gasteiger partial charge in [-0.15, -0.1) is 0 Å². The van der Waals surface area contributed by atoms with Crippen LogP contribution in [0.4, 0.5) is 5.82 Å². The molecule has 0 unspecified atom stereocenters. The molecule has 6 nitrogen and oxygen atoms in total. The molecule has 0 atom stereocenters. The first-order valence-electron chi connectivity index (χ1n) is 5.33. The zero-order valence-corrected chi connectivity index (χ0v) is 10.00. The molecule has 1 saturated carbocycles. The standard InChI is InChI=1S/C9H16N4O2S/c1-11-16(14,15)8-6-12-13(9(8)10)7-4-2-3-5-7/h6-7,11H,2-5,10H2,1H3. The van der Waals surface area contributed by atoms with Gasteiger partial charge in [-0.25, -0.2) is 17.8 Å². The van der Waals surface area contributed by atoms with Crippen molar-refractivity contribution in [3.63, 3.8) is 0 Å². The first-order chi connectivity index (χ1) is 7.56. The van der Waals surface area contributed by atoms with Crippen molar-refractivity contribution in [1.29, 1.82) is 0 Å². The fourth-order valence-corrected chi connectivity index (χ4v) is 2.89. The van der Waals surface area contributed by atoms with Crippen LogP contribution in [0.1, 0.15) is 31.7 Å². The van der Waals surface area contributed by atoms with E-state index in [1.54, 1.807) is 4.68 Å². The number of sulfonamides is 1. The van der Waals surface area contributed by atoms with Crippen molar-refractivity contribution in [3.05, 3.63) is 6.20 Å². The highest BCUT2D eigenvalue weighted by Gasteiger charge is 2.25. The molecule has 0 amide bonds. The lowest BCUT2D eigenvalue weighted by Gasteiger charge is -2.11. The third kappa shape index (κ3) is 1.80. The Bertz CT molecular complexity index is 474. The van der Waals surface area contributed by atoms with Gasteiger partial charge in [-0.05, 0) is 19.9 Å². The zero-order valence-electron chi connectivity index (χ0n) is 9.18. The second kappa shape index (κ2) is 4.06. The summed E-state index contributed by atoms with van der Waals surface area (Å²) in [6.07, 6.45) is 5.66. The lowest BCUT2D eigenvalue weighted by atomic mass is 10.2. The fourth-order valence-electron chi connectivity index (χ4n) is 2.11. The van der Waals surface area contributed by atoms with E-state index in [1.165, 1.54) is 13.2 Å². The van der Waals surface area contributed by atoms with Gasteiger partial charge in [0.05, 0.1) is 12.2 Å². The van der Waals surface area contributed by atoms with E-state index in [1.807, 2.05) is 0 Å². The Morgan fingerprint density at radius 1 is 1.50 bits per heavy atom. The summed E-state index contributed by atoms with van der Waals surface area (Å²) in [5.74, 6) is 0.237. The first kappa shape index (κ1) is 11.4. The summed E-state index contributed by atoms with van der Waals surface area (Å²) in [4.78, 5) is 0.0712. The number of nitrogen functional groups attached to an aromatic ring is 1. The minimum atomic E-state index is -3.50. The predicted octanol–water partition coefficient (Wildman–Crippen LogP) is 0.488. The molecule has 0 bridgehead atoms. The number of nitrogens with one attached hydrogen (secondary N) is 1. The average Bonchev–Trinajstić information content (AvgIpc) is 2.86. The summed E-state index contributed by atoms with van der Waals surface area (Å²) in [7, 11) is -2.13. The van der Waals surface area contributed by atoms with Crippen molar-refractivity contribution in [3.8, 4) is 0 Å². The fraction of sp³-hybridized carbons (Fsp3) is 0.667. The van der Waals surface area contributed by atoms with E-state index in [4.69, 9.17) is 5.73 Å². The number of nitrogens with two attached hydrogens (primary N) is 1. The zero-order chi connectivity index (χ0) is 11.8. The third-order valence-electron chi connectivity index (χ3n) is 3.03. The van der Waals surface area contributed by atoms with Gasteiger partial charge in [-0.2, -0.15) is 5.10 Å². The van der Waals surface area contributed by atoms with E-state index < -0.39 is 10.0 Å². The Morgan fingerprint density at radius 3 is 2.69 bits per heavy atom. The molecular formula is C9H16N4O2S. The van der Waals surface area contributed by atoms with Crippen molar-refractivity contribution in [2.45, 2.75) is 36.6 Å². The van der Waals surface area contributed by atoms with Gasteiger partial charge in [0.1, 0.15) is 10.7 Å². The maximum absolute atomic E-state index is 11.6. The number of nitrogens with zero attached hydrogens (tertiary/aromatic N) is 2. The molecule has 0 radical (unpaired) electrons. The summed E-state index contributed by atoms with van der Waals surface area (Å²) in [6, 6.07) is 0.251. The van der Waals surface area contributed by atoms with Crippen LogP contribution in [0.25, 0.3) is 0 Å². The maximum Gasteiger partial charge on any atom is 0.245 e. The first-order valence-corrected chi connectivity index (χ1v) is 6.81. The smallest absolute Gasteiger partial charge is 0.245 e. The average molecular weight is 244 g/mol. The molecule has 1 fully saturated rings. The molecule has 0 aliphatic heterocycles. The molecule has 0 spiro atoms. The lowest BCUT2D eigenvalue weighted by Crippen LogP contribution is -2.20. The quantitative estimate of drug-likeness (QED) is 0.809. The second-order valence-electron chi connectivity index (χ2n) is 3.98. The molecule has 0 aromatic carbocycles.